The molecular weight excluding hydrogens is 447 g/mol. The van der Waals surface area contributed by atoms with Crippen LogP contribution in [0.4, 0.5) is 22.0 Å². The van der Waals surface area contributed by atoms with Gasteiger partial charge in [-0.1, -0.05) is 36.1 Å². The van der Waals surface area contributed by atoms with Crippen LogP contribution in [0.3, 0.4) is 0 Å². The molecule has 6 heteroatoms. The van der Waals surface area contributed by atoms with E-state index in [0.29, 0.717) is 24.2 Å². The van der Waals surface area contributed by atoms with Crippen LogP contribution in [-0.2, 0) is 11.2 Å². The second-order valence-electron chi connectivity index (χ2n) is 7.78. The first-order chi connectivity index (χ1) is 16.4. The maximum absolute atomic E-state index is 14.7. The maximum Gasteiger partial charge on any atom is 0.195 e. The van der Waals surface area contributed by atoms with Gasteiger partial charge in [0.1, 0.15) is 11.6 Å². The summed E-state index contributed by atoms with van der Waals surface area (Å²) in [5, 5.41) is 0.0619. The summed E-state index contributed by atoms with van der Waals surface area (Å²) in [6.45, 7) is 0.586. The topological polar surface area (TPSA) is 9.23 Å². The van der Waals surface area contributed by atoms with Gasteiger partial charge in [0.25, 0.3) is 0 Å². The van der Waals surface area contributed by atoms with Crippen molar-refractivity contribution in [3.8, 4) is 23.0 Å². The molecule has 0 spiro atoms. The van der Waals surface area contributed by atoms with E-state index in [1.54, 1.807) is 25.3 Å². The highest BCUT2D eigenvalue weighted by molar-refractivity contribution is 5.84. The summed E-state index contributed by atoms with van der Waals surface area (Å²) in [5.41, 5.74) is 1.94. The molecule has 0 amide bonds. The van der Waals surface area contributed by atoms with Crippen LogP contribution in [0.5, 0.6) is 0 Å². The molecule has 0 bridgehead atoms. The van der Waals surface area contributed by atoms with Crippen molar-refractivity contribution < 1.29 is 26.7 Å². The van der Waals surface area contributed by atoms with Crippen LogP contribution in [0, 0.1) is 40.9 Å². The molecule has 0 fully saturated rings. The van der Waals surface area contributed by atoms with Crippen molar-refractivity contribution in [3.05, 3.63) is 106 Å². The Morgan fingerprint density at radius 1 is 0.735 bits per heavy atom. The van der Waals surface area contributed by atoms with Gasteiger partial charge in [0.2, 0.25) is 0 Å². The Morgan fingerprint density at radius 2 is 1.56 bits per heavy atom. The van der Waals surface area contributed by atoms with Crippen LogP contribution in [0.1, 0.15) is 23.1 Å². The Bertz CT molecular complexity index is 1430. The highest BCUT2D eigenvalue weighted by Crippen LogP contribution is 2.27. The molecule has 172 valence electrons. The van der Waals surface area contributed by atoms with Crippen molar-refractivity contribution in [1.82, 2.24) is 0 Å². The Hall–Kier alpha value is -3.69. The molecule has 0 saturated carbocycles. The SMILES string of the molecule is COCCCc1ccc(-c2ccc(C#Cc3ccc4c(F)c(F)c(F)cc4c3)c(F)c2)c(F)c1. The molecule has 0 N–H and O–H groups in total. The first-order valence-electron chi connectivity index (χ1n) is 10.5. The van der Waals surface area contributed by atoms with E-state index < -0.39 is 29.1 Å². The standard InChI is InChI=1S/C28H19F5O/c1-34-12-2-3-17-5-10-22(25(30)14-17)20-9-8-19(24(29)15-20)7-4-18-6-11-23-21(13-18)16-26(31)28(33)27(23)32/h5-6,8-11,13-16H,2-3,12H2,1H3. The Morgan fingerprint density at radius 3 is 2.29 bits per heavy atom. The summed E-state index contributed by atoms with van der Waals surface area (Å²) < 4.78 is 75.0. The molecule has 0 atom stereocenters. The lowest BCUT2D eigenvalue weighted by Gasteiger charge is -2.08. The molecule has 0 radical (unpaired) electrons. The van der Waals surface area contributed by atoms with Crippen molar-refractivity contribution in [1.29, 1.82) is 0 Å². The zero-order valence-corrected chi connectivity index (χ0v) is 18.2. The van der Waals surface area contributed by atoms with Gasteiger partial charge in [0.15, 0.2) is 17.5 Å². The van der Waals surface area contributed by atoms with Gasteiger partial charge < -0.3 is 4.74 Å². The van der Waals surface area contributed by atoms with Crippen molar-refractivity contribution in [2.45, 2.75) is 12.8 Å². The van der Waals surface area contributed by atoms with E-state index in [1.807, 2.05) is 0 Å². The number of benzene rings is 4. The molecule has 4 aromatic rings. The molecule has 0 saturated heterocycles. The number of ether oxygens (including phenoxy) is 1. The molecule has 0 aliphatic rings. The quantitative estimate of drug-likeness (QED) is 0.131. The zero-order chi connectivity index (χ0) is 24.2. The average Bonchev–Trinajstić information content (AvgIpc) is 2.82. The predicted molar refractivity (Wildman–Crippen MR) is 122 cm³/mol. The van der Waals surface area contributed by atoms with Gasteiger partial charge in [-0.2, -0.15) is 0 Å². The van der Waals surface area contributed by atoms with E-state index in [2.05, 4.69) is 11.8 Å². The zero-order valence-electron chi connectivity index (χ0n) is 18.2. The summed E-state index contributed by atoms with van der Waals surface area (Å²) in [5.74, 6) is 0.228. The number of halogens is 5. The molecule has 34 heavy (non-hydrogen) atoms. The van der Waals surface area contributed by atoms with Gasteiger partial charge in [-0.15, -0.1) is 0 Å². The summed E-state index contributed by atoms with van der Waals surface area (Å²) in [7, 11) is 1.61. The summed E-state index contributed by atoms with van der Waals surface area (Å²) in [6, 6.07) is 14.1. The molecule has 0 unspecified atom stereocenters. The lowest BCUT2D eigenvalue weighted by molar-refractivity contribution is 0.195. The van der Waals surface area contributed by atoms with Crippen molar-refractivity contribution in [2.24, 2.45) is 0 Å². The highest BCUT2D eigenvalue weighted by atomic mass is 19.2. The number of aryl methyl sites for hydroxylation is 1. The van der Waals surface area contributed by atoms with Crippen LogP contribution in [0.15, 0.2) is 60.7 Å². The van der Waals surface area contributed by atoms with E-state index in [0.717, 1.165) is 18.1 Å². The van der Waals surface area contributed by atoms with Crippen molar-refractivity contribution in [3.63, 3.8) is 0 Å². The lowest BCUT2D eigenvalue weighted by atomic mass is 10.00. The largest absolute Gasteiger partial charge is 0.385 e. The van der Waals surface area contributed by atoms with Crippen molar-refractivity contribution >= 4 is 10.8 Å². The molecule has 4 rings (SSSR count). The number of hydrogen-bond donors (Lipinski definition) is 0. The third-order valence-electron chi connectivity index (χ3n) is 5.44. The van der Waals surface area contributed by atoms with Gasteiger partial charge in [-0.25, -0.2) is 22.0 Å². The van der Waals surface area contributed by atoms with Gasteiger partial charge in [0.05, 0.1) is 5.56 Å². The molecule has 0 heterocycles. The fourth-order valence-electron chi connectivity index (χ4n) is 3.68. The second kappa shape index (κ2) is 10.1. The fraction of sp³-hybridized carbons (Fsp3) is 0.143. The minimum Gasteiger partial charge on any atom is -0.385 e. The van der Waals surface area contributed by atoms with E-state index in [-0.39, 0.29) is 21.9 Å². The van der Waals surface area contributed by atoms with Gasteiger partial charge >= 0.3 is 0 Å². The van der Waals surface area contributed by atoms with E-state index in [9.17, 15) is 22.0 Å². The fourth-order valence-corrected chi connectivity index (χ4v) is 3.68. The second-order valence-corrected chi connectivity index (χ2v) is 7.78. The number of methoxy groups -OCH3 is 1. The Kier molecular flexibility index (Phi) is 6.95. The molecule has 0 aliphatic carbocycles. The Balaban J connectivity index is 1.58. The molecule has 4 aromatic carbocycles. The van der Waals surface area contributed by atoms with Gasteiger partial charge in [-0.05, 0) is 65.8 Å². The maximum atomic E-state index is 14.7. The van der Waals surface area contributed by atoms with E-state index >= 15 is 0 Å². The number of fused-ring (bicyclic) bond motifs is 1. The third-order valence-corrected chi connectivity index (χ3v) is 5.44. The predicted octanol–water partition coefficient (Wildman–Crippen LogP) is 7.18. The normalized spacial score (nSPS) is 10.9. The van der Waals surface area contributed by atoms with E-state index in [1.165, 1.54) is 36.4 Å². The van der Waals surface area contributed by atoms with Gasteiger partial charge in [-0.3, -0.25) is 0 Å². The van der Waals surface area contributed by atoms with Crippen LogP contribution in [0.25, 0.3) is 21.9 Å². The smallest absolute Gasteiger partial charge is 0.195 e. The minimum absolute atomic E-state index is 0.0771. The van der Waals surface area contributed by atoms with Crippen LogP contribution < -0.4 is 0 Å². The van der Waals surface area contributed by atoms with Gasteiger partial charge in [0, 0.05) is 30.2 Å². The first kappa shape index (κ1) is 23.5. The highest BCUT2D eigenvalue weighted by Gasteiger charge is 2.13. The number of rotatable bonds is 5. The lowest BCUT2D eigenvalue weighted by Crippen LogP contribution is -1.95. The minimum atomic E-state index is -1.54. The van der Waals surface area contributed by atoms with Crippen molar-refractivity contribution in [2.75, 3.05) is 13.7 Å². The molecule has 1 nitrogen and oxygen atoms in total. The monoisotopic (exact) mass is 466 g/mol. The van der Waals surface area contributed by atoms with E-state index in [4.69, 9.17) is 4.74 Å². The summed E-state index contributed by atoms with van der Waals surface area (Å²) >= 11 is 0. The molecular formula is C28H19F5O. The molecule has 0 aromatic heterocycles. The third kappa shape index (κ3) is 4.95. The van der Waals surface area contributed by atoms with Crippen LogP contribution >= 0.6 is 0 Å². The summed E-state index contributed by atoms with van der Waals surface area (Å²) in [6.07, 6.45) is 1.45. The summed E-state index contributed by atoms with van der Waals surface area (Å²) in [4.78, 5) is 0. The Labute approximate surface area is 193 Å². The molecule has 0 aliphatic heterocycles. The van der Waals surface area contributed by atoms with Crippen LogP contribution in [-0.4, -0.2) is 13.7 Å². The average molecular weight is 466 g/mol. The number of hydrogen-bond acceptors (Lipinski definition) is 1. The first-order valence-corrected chi connectivity index (χ1v) is 10.5. The van der Waals surface area contributed by atoms with Crippen LogP contribution in [0.2, 0.25) is 0 Å².